The fraction of sp³-hybridized carbons (Fsp3) is 0.440. The minimum Gasteiger partial charge on any atom is -0.497 e. The molecule has 6 heteroatoms. The number of hydrogen-bond acceptors (Lipinski definition) is 5. The predicted octanol–water partition coefficient (Wildman–Crippen LogP) is 3.38. The number of benzene rings is 2. The molecule has 0 bridgehead atoms. The number of amides is 1. The summed E-state index contributed by atoms with van der Waals surface area (Å²) in [6.07, 6.45) is 3.46. The standard InChI is InChI=1S/C25H31NO5/c1-29-22-12-10-21(11-13-22)25(14-15-25)24(28)26(17-18-31-19-23(27)30-2)16-6-9-20-7-4-3-5-8-20/h3-5,7-8,10-13H,6,9,14-19H2,1-2H3. The number of methoxy groups -OCH3 is 2. The van der Waals surface area contributed by atoms with E-state index in [-0.39, 0.29) is 12.5 Å². The van der Waals surface area contributed by atoms with Crippen molar-refractivity contribution in [3.05, 3.63) is 65.7 Å². The van der Waals surface area contributed by atoms with Crippen molar-refractivity contribution in [3.8, 4) is 5.75 Å². The average Bonchev–Trinajstić information content (AvgIpc) is 3.63. The number of esters is 1. The lowest BCUT2D eigenvalue weighted by molar-refractivity contribution is -0.146. The van der Waals surface area contributed by atoms with E-state index in [1.54, 1.807) is 7.11 Å². The summed E-state index contributed by atoms with van der Waals surface area (Å²) >= 11 is 0. The zero-order valence-electron chi connectivity index (χ0n) is 18.3. The van der Waals surface area contributed by atoms with Crippen molar-refractivity contribution in [1.82, 2.24) is 4.90 Å². The monoisotopic (exact) mass is 425 g/mol. The Morgan fingerprint density at radius 1 is 0.968 bits per heavy atom. The molecule has 1 saturated carbocycles. The molecular weight excluding hydrogens is 394 g/mol. The fourth-order valence-electron chi connectivity index (χ4n) is 3.79. The van der Waals surface area contributed by atoms with Crippen LogP contribution in [0.15, 0.2) is 54.6 Å². The lowest BCUT2D eigenvalue weighted by Crippen LogP contribution is -2.42. The second kappa shape index (κ2) is 11.0. The van der Waals surface area contributed by atoms with Crippen molar-refractivity contribution in [2.45, 2.75) is 31.1 Å². The molecule has 2 aromatic carbocycles. The average molecular weight is 426 g/mol. The van der Waals surface area contributed by atoms with Gasteiger partial charge >= 0.3 is 5.97 Å². The Bertz CT molecular complexity index is 846. The van der Waals surface area contributed by atoms with Crippen LogP contribution in [-0.4, -0.2) is 57.3 Å². The van der Waals surface area contributed by atoms with Crippen molar-refractivity contribution in [2.24, 2.45) is 0 Å². The van der Waals surface area contributed by atoms with Crippen molar-refractivity contribution in [1.29, 1.82) is 0 Å². The number of carbonyl (C=O) groups excluding carboxylic acids is 2. The van der Waals surface area contributed by atoms with Gasteiger partial charge in [-0.1, -0.05) is 42.5 Å². The van der Waals surface area contributed by atoms with Gasteiger partial charge < -0.3 is 19.1 Å². The van der Waals surface area contributed by atoms with E-state index >= 15 is 0 Å². The Hall–Kier alpha value is -2.86. The van der Waals surface area contributed by atoms with Crippen LogP contribution >= 0.6 is 0 Å². The molecule has 0 radical (unpaired) electrons. The molecule has 1 fully saturated rings. The van der Waals surface area contributed by atoms with Gasteiger partial charge in [-0.3, -0.25) is 4.79 Å². The molecule has 3 rings (SSSR count). The van der Waals surface area contributed by atoms with Gasteiger partial charge in [-0.15, -0.1) is 0 Å². The summed E-state index contributed by atoms with van der Waals surface area (Å²) in [4.78, 5) is 26.7. The van der Waals surface area contributed by atoms with Gasteiger partial charge in [0.05, 0.1) is 26.2 Å². The van der Waals surface area contributed by atoms with E-state index in [9.17, 15) is 9.59 Å². The number of hydrogen-bond donors (Lipinski definition) is 0. The van der Waals surface area contributed by atoms with Crippen LogP contribution in [0.2, 0.25) is 0 Å². The third kappa shape index (κ3) is 6.07. The first-order valence-electron chi connectivity index (χ1n) is 10.7. The van der Waals surface area contributed by atoms with Crippen LogP contribution in [0.1, 0.15) is 30.4 Å². The maximum Gasteiger partial charge on any atom is 0.331 e. The maximum atomic E-state index is 13.6. The molecule has 0 unspecified atom stereocenters. The Kier molecular flexibility index (Phi) is 8.06. The summed E-state index contributed by atoms with van der Waals surface area (Å²) in [6, 6.07) is 18.0. The summed E-state index contributed by atoms with van der Waals surface area (Å²) in [6.45, 7) is 1.28. The lowest BCUT2D eigenvalue weighted by atomic mass is 9.94. The largest absolute Gasteiger partial charge is 0.497 e. The van der Waals surface area contributed by atoms with Crippen molar-refractivity contribution in [2.75, 3.05) is 40.5 Å². The van der Waals surface area contributed by atoms with Crippen molar-refractivity contribution in [3.63, 3.8) is 0 Å². The van der Waals surface area contributed by atoms with Crippen LogP contribution in [0.3, 0.4) is 0 Å². The topological polar surface area (TPSA) is 65.1 Å². The van der Waals surface area contributed by atoms with Gasteiger partial charge in [0.2, 0.25) is 5.91 Å². The summed E-state index contributed by atoms with van der Waals surface area (Å²) in [5, 5.41) is 0. The van der Waals surface area contributed by atoms with Gasteiger partial charge in [0.15, 0.2) is 0 Å². The number of carbonyl (C=O) groups is 2. The highest BCUT2D eigenvalue weighted by Gasteiger charge is 2.52. The highest BCUT2D eigenvalue weighted by molar-refractivity contribution is 5.91. The smallest absolute Gasteiger partial charge is 0.331 e. The Labute approximate surface area is 184 Å². The van der Waals surface area contributed by atoms with Gasteiger partial charge in [0, 0.05) is 13.1 Å². The Balaban J connectivity index is 1.64. The van der Waals surface area contributed by atoms with Crippen LogP contribution in [0.25, 0.3) is 0 Å². The molecule has 166 valence electrons. The van der Waals surface area contributed by atoms with Gasteiger partial charge in [-0.2, -0.15) is 0 Å². The minimum absolute atomic E-state index is 0.105. The van der Waals surface area contributed by atoms with Crippen molar-refractivity contribution >= 4 is 11.9 Å². The number of nitrogens with zero attached hydrogens (tertiary/aromatic N) is 1. The molecule has 0 aromatic heterocycles. The number of rotatable bonds is 12. The van der Waals surface area contributed by atoms with E-state index in [0.29, 0.717) is 19.7 Å². The highest BCUT2D eigenvalue weighted by atomic mass is 16.6. The zero-order chi connectivity index (χ0) is 22.1. The number of aryl methyl sites for hydroxylation is 1. The number of ether oxygens (including phenoxy) is 3. The first-order valence-corrected chi connectivity index (χ1v) is 10.7. The lowest BCUT2D eigenvalue weighted by Gasteiger charge is -2.28. The van der Waals surface area contributed by atoms with Crippen LogP contribution in [0, 0.1) is 0 Å². The molecule has 0 saturated heterocycles. The molecule has 1 aliphatic carbocycles. The predicted molar refractivity (Wildman–Crippen MR) is 118 cm³/mol. The summed E-state index contributed by atoms with van der Waals surface area (Å²) < 4.78 is 15.3. The molecule has 1 aliphatic rings. The molecule has 0 heterocycles. The second-order valence-corrected chi connectivity index (χ2v) is 7.82. The van der Waals surface area contributed by atoms with E-state index in [1.807, 2.05) is 47.4 Å². The third-order valence-corrected chi connectivity index (χ3v) is 5.78. The quantitative estimate of drug-likeness (QED) is 0.385. The summed E-state index contributed by atoms with van der Waals surface area (Å²) in [5.41, 5.74) is 1.83. The zero-order valence-corrected chi connectivity index (χ0v) is 18.3. The molecule has 0 N–H and O–H groups in total. The van der Waals surface area contributed by atoms with Gasteiger partial charge in [0.1, 0.15) is 12.4 Å². The minimum atomic E-state index is -0.457. The Morgan fingerprint density at radius 2 is 1.68 bits per heavy atom. The molecular formula is C25H31NO5. The normalized spacial score (nSPS) is 14.0. The van der Waals surface area contributed by atoms with E-state index < -0.39 is 11.4 Å². The molecule has 0 atom stereocenters. The first-order chi connectivity index (χ1) is 15.1. The second-order valence-electron chi connectivity index (χ2n) is 7.82. The van der Waals surface area contributed by atoms with Gasteiger partial charge in [-0.05, 0) is 48.9 Å². The first kappa shape index (κ1) is 22.8. The molecule has 2 aromatic rings. The van der Waals surface area contributed by atoms with Gasteiger partial charge in [0.25, 0.3) is 0 Å². The Morgan fingerprint density at radius 3 is 2.29 bits per heavy atom. The van der Waals surface area contributed by atoms with E-state index in [2.05, 4.69) is 16.9 Å². The third-order valence-electron chi connectivity index (χ3n) is 5.78. The molecule has 31 heavy (non-hydrogen) atoms. The molecule has 6 nitrogen and oxygen atoms in total. The van der Waals surface area contributed by atoms with E-state index in [4.69, 9.17) is 9.47 Å². The van der Waals surface area contributed by atoms with E-state index in [0.717, 1.165) is 37.0 Å². The highest BCUT2D eigenvalue weighted by Crippen LogP contribution is 2.50. The van der Waals surface area contributed by atoms with Crippen molar-refractivity contribution < 1.29 is 23.8 Å². The van der Waals surface area contributed by atoms with Crippen LogP contribution in [-0.2, 0) is 30.9 Å². The molecule has 1 amide bonds. The summed E-state index contributed by atoms with van der Waals surface area (Å²) in [7, 11) is 2.96. The van der Waals surface area contributed by atoms with Crippen LogP contribution in [0.4, 0.5) is 0 Å². The maximum absolute atomic E-state index is 13.6. The van der Waals surface area contributed by atoms with Crippen LogP contribution in [0.5, 0.6) is 5.75 Å². The fourth-order valence-corrected chi connectivity index (χ4v) is 3.79. The SMILES string of the molecule is COC(=O)COCCN(CCCc1ccccc1)C(=O)C1(c2ccc(OC)cc2)CC1. The summed E-state index contributed by atoms with van der Waals surface area (Å²) in [5.74, 6) is 0.495. The van der Waals surface area contributed by atoms with Gasteiger partial charge in [-0.25, -0.2) is 4.79 Å². The van der Waals surface area contributed by atoms with Crippen LogP contribution < -0.4 is 4.74 Å². The molecule has 0 spiro atoms. The van der Waals surface area contributed by atoms with E-state index in [1.165, 1.54) is 12.7 Å². The molecule has 0 aliphatic heterocycles.